The fraction of sp³-hybridized carbons (Fsp3) is 0.0714. The van der Waals surface area contributed by atoms with Crippen LogP contribution in [0.5, 0.6) is 0 Å². The highest BCUT2D eigenvalue weighted by Crippen LogP contribution is 2.25. The van der Waals surface area contributed by atoms with E-state index in [-0.39, 0.29) is 16.3 Å². The number of hydrogen-bond acceptors (Lipinski definition) is 3. The molecule has 5 nitrogen and oxygen atoms in total. The minimum atomic E-state index is -0.650. The molecule has 0 bridgehead atoms. The van der Waals surface area contributed by atoms with Gasteiger partial charge in [-0.15, -0.1) is 0 Å². The smallest absolute Gasteiger partial charge is 0.283 e. The van der Waals surface area contributed by atoms with Gasteiger partial charge in [-0.05, 0) is 36.8 Å². The molecule has 2 rings (SSSR count). The number of hydrogen-bond donors (Lipinski definition) is 1. The Bertz CT molecular complexity index is 732. The Labute approximate surface area is 130 Å². The lowest BCUT2D eigenvalue weighted by Crippen LogP contribution is -2.14. The van der Waals surface area contributed by atoms with E-state index in [1.807, 2.05) is 6.92 Å². The Kier molecular flexibility index (Phi) is 4.45. The number of anilines is 1. The Morgan fingerprint density at radius 2 is 1.90 bits per heavy atom. The van der Waals surface area contributed by atoms with E-state index in [4.69, 9.17) is 23.2 Å². The summed E-state index contributed by atoms with van der Waals surface area (Å²) in [6.45, 7) is 1.83. The van der Waals surface area contributed by atoms with Crippen molar-refractivity contribution in [2.45, 2.75) is 6.92 Å². The number of nitro benzene ring substituents is 1. The Hall–Kier alpha value is -2.11. The molecule has 2 aromatic rings. The predicted octanol–water partition coefficient (Wildman–Crippen LogP) is 4.46. The summed E-state index contributed by atoms with van der Waals surface area (Å²) in [6.07, 6.45) is 0. The van der Waals surface area contributed by atoms with E-state index in [2.05, 4.69) is 5.32 Å². The van der Waals surface area contributed by atoms with E-state index in [0.29, 0.717) is 10.7 Å². The number of aryl methyl sites for hydroxylation is 1. The molecule has 0 spiro atoms. The van der Waals surface area contributed by atoms with Crippen LogP contribution in [-0.4, -0.2) is 10.8 Å². The third-order valence-corrected chi connectivity index (χ3v) is 3.47. The van der Waals surface area contributed by atoms with Crippen LogP contribution in [0.3, 0.4) is 0 Å². The van der Waals surface area contributed by atoms with Crippen molar-refractivity contribution in [2.75, 3.05) is 5.32 Å². The van der Waals surface area contributed by atoms with Gasteiger partial charge in [0.2, 0.25) is 0 Å². The van der Waals surface area contributed by atoms with Crippen molar-refractivity contribution in [1.29, 1.82) is 0 Å². The molecule has 0 aliphatic rings. The number of nitro groups is 1. The fourth-order valence-corrected chi connectivity index (χ4v) is 2.06. The number of halogens is 2. The Morgan fingerprint density at radius 1 is 1.19 bits per heavy atom. The first kappa shape index (κ1) is 15.3. The van der Waals surface area contributed by atoms with Crippen molar-refractivity contribution in [1.82, 2.24) is 0 Å². The van der Waals surface area contributed by atoms with E-state index < -0.39 is 10.8 Å². The van der Waals surface area contributed by atoms with Crippen molar-refractivity contribution < 1.29 is 9.72 Å². The monoisotopic (exact) mass is 324 g/mol. The van der Waals surface area contributed by atoms with Crippen molar-refractivity contribution >= 4 is 40.5 Å². The summed E-state index contributed by atoms with van der Waals surface area (Å²) in [7, 11) is 0. The molecule has 0 heterocycles. The summed E-state index contributed by atoms with van der Waals surface area (Å²) < 4.78 is 0. The molecule has 0 fully saturated rings. The van der Waals surface area contributed by atoms with E-state index in [1.54, 1.807) is 18.2 Å². The number of amides is 1. The molecule has 0 aromatic heterocycles. The summed E-state index contributed by atoms with van der Waals surface area (Å²) >= 11 is 11.7. The number of carbonyl (C=O) groups excluding carboxylic acids is 1. The maximum atomic E-state index is 12.1. The second-order valence-corrected chi connectivity index (χ2v) is 5.18. The van der Waals surface area contributed by atoms with Gasteiger partial charge in [0.05, 0.1) is 4.92 Å². The quantitative estimate of drug-likeness (QED) is 0.669. The standard InChI is InChI=1S/C14H10Cl2N2O3/c1-8-2-4-10(7-12(8)16)17-14(19)11-5-3-9(15)6-13(11)18(20)21/h2-7H,1H3,(H,17,19). The largest absolute Gasteiger partial charge is 0.322 e. The summed E-state index contributed by atoms with van der Waals surface area (Å²) in [5.41, 5.74) is 0.909. The number of nitrogens with one attached hydrogen (secondary N) is 1. The van der Waals surface area contributed by atoms with Gasteiger partial charge in [0.25, 0.3) is 11.6 Å². The van der Waals surface area contributed by atoms with Crippen molar-refractivity contribution in [3.05, 3.63) is 67.7 Å². The second kappa shape index (κ2) is 6.11. The molecule has 1 N–H and O–H groups in total. The maximum absolute atomic E-state index is 12.1. The van der Waals surface area contributed by atoms with Gasteiger partial charge < -0.3 is 5.32 Å². The molecular formula is C14H10Cl2N2O3. The lowest BCUT2D eigenvalue weighted by Gasteiger charge is -2.07. The third kappa shape index (κ3) is 3.51. The highest BCUT2D eigenvalue weighted by molar-refractivity contribution is 6.32. The normalized spacial score (nSPS) is 10.2. The van der Waals surface area contributed by atoms with Gasteiger partial charge >= 0.3 is 0 Å². The van der Waals surface area contributed by atoms with E-state index >= 15 is 0 Å². The van der Waals surface area contributed by atoms with Crippen LogP contribution in [0.1, 0.15) is 15.9 Å². The maximum Gasteiger partial charge on any atom is 0.283 e. The van der Waals surface area contributed by atoms with E-state index in [0.717, 1.165) is 11.6 Å². The first-order chi connectivity index (χ1) is 9.88. The van der Waals surface area contributed by atoms with Gasteiger partial charge in [-0.25, -0.2) is 0 Å². The van der Waals surface area contributed by atoms with Crippen molar-refractivity contribution in [2.24, 2.45) is 0 Å². The summed E-state index contributed by atoms with van der Waals surface area (Å²) in [6, 6.07) is 8.86. The van der Waals surface area contributed by atoms with Crippen molar-refractivity contribution in [3.8, 4) is 0 Å². The van der Waals surface area contributed by atoms with Crippen molar-refractivity contribution in [3.63, 3.8) is 0 Å². The molecular weight excluding hydrogens is 315 g/mol. The second-order valence-electron chi connectivity index (χ2n) is 4.34. The molecule has 0 aliphatic carbocycles. The number of carbonyl (C=O) groups is 1. The van der Waals surface area contributed by atoms with Crippen LogP contribution >= 0.6 is 23.2 Å². The topological polar surface area (TPSA) is 72.2 Å². The van der Waals surface area contributed by atoms with Gasteiger partial charge in [-0.2, -0.15) is 0 Å². The summed E-state index contributed by atoms with van der Waals surface area (Å²) in [5, 5.41) is 14.2. The van der Waals surface area contributed by atoms with Crippen LogP contribution in [0.4, 0.5) is 11.4 Å². The van der Waals surface area contributed by atoms with Gasteiger partial charge in [-0.1, -0.05) is 29.3 Å². The lowest BCUT2D eigenvalue weighted by atomic mass is 10.1. The Morgan fingerprint density at radius 3 is 2.52 bits per heavy atom. The molecule has 0 saturated heterocycles. The molecule has 108 valence electrons. The molecule has 0 saturated carbocycles. The zero-order chi connectivity index (χ0) is 15.6. The number of nitrogens with zero attached hydrogens (tertiary/aromatic N) is 1. The molecule has 2 aromatic carbocycles. The fourth-order valence-electron chi connectivity index (χ4n) is 1.72. The summed E-state index contributed by atoms with van der Waals surface area (Å²) in [5.74, 6) is -0.599. The summed E-state index contributed by atoms with van der Waals surface area (Å²) in [4.78, 5) is 22.5. The minimum absolute atomic E-state index is 0.0684. The SMILES string of the molecule is Cc1ccc(NC(=O)c2ccc(Cl)cc2[N+](=O)[O-])cc1Cl. The van der Waals surface area contributed by atoms with Crippen LogP contribution in [-0.2, 0) is 0 Å². The van der Waals surface area contributed by atoms with Crippen LogP contribution in [0.2, 0.25) is 10.0 Å². The van der Waals surface area contributed by atoms with Gasteiger partial charge in [-0.3, -0.25) is 14.9 Å². The number of benzene rings is 2. The average molecular weight is 325 g/mol. The van der Waals surface area contributed by atoms with Crippen LogP contribution in [0, 0.1) is 17.0 Å². The highest BCUT2D eigenvalue weighted by atomic mass is 35.5. The first-order valence-corrected chi connectivity index (χ1v) is 6.65. The lowest BCUT2D eigenvalue weighted by molar-refractivity contribution is -0.385. The molecule has 21 heavy (non-hydrogen) atoms. The molecule has 0 radical (unpaired) electrons. The molecule has 0 atom stereocenters. The molecule has 0 aliphatic heterocycles. The first-order valence-electron chi connectivity index (χ1n) is 5.90. The van der Waals surface area contributed by atoms with E-state index in [1.165, 1.54) is 12.1 Å². The highest BCUT2D eigenvalue weighted by Gasteiger charge is 2.20. The third-order valence-electron chi connectivity index (χ3n) is 2.83. The van der Waals surface area contributed by atoms with Crippen LogP contribution in [0.25, 0.3) is 0 Å². The Balaban J connectivity index is 2.32. The van der Waals surface area contributed by atoms with Gasteiger partial charge in [0, 0.05) is 21.8 Å². The zero-order valence-electron chi connectivity index (χ0n) is 10.9. The number of rotatable bonds is 3. The zero-order valence-corrected chi connectivity index (χ0v) is 12.4. The molecule has 0 unspecified atom stereocenters. The molecule has 1 amide bonds. The minimum Gasteiger partial charge on any atom is -0.322 e. The van der Waals surface area contributed by atoms with Gasteiger partial charge in [0.1, 0.15) is 5.56 Å². The van der Waals surface area contributed by atoms with Crippen LogP contribution in [0.15, 0.2) is 36.4 Å². The average Bonchev–Trinajstić information content (AvgIpc) is 2.42. The van der Waals surface area contributed by atoms with E-state index in [9.17, 15) is 14.9 Å². The van der Waals surface area contributed by atoms with Crippen LogP contribution < -0.4 is 5.32 Å². The van der Waals surface area contributed by atoms with Gasteiger partial charge in [0.15, 0.2) is 0 Å². The molecule has 7 heteroatoms. The predicted molar refractivity (Wildman–Crippen MR) is 82.2 cm³/mol.